The van der Waals surface area contributed by atoms with Gasteiger partial charge < -0.3 is 4.74 Å². The molecule has 1 fully saturated rings. The number of fused-ring (bicyclic) bond motifs is 1. The van der Waals surface area contributed by atoms with Crippen LogP contribution in [-0.2, 0) is 12.8 Å². The van der Waals surface area contributed by atoms with Crippen molar-refractivity contribution in [3.8, 4) is 5.75 Å². The van der Waals surface area contributed by atoms with E-state index in [1.165, 1.54) is 49.9 Å². The van der Waals surface area contributed by atoms with E-state index in [-0.39, 0.29) is 16.9 Å². The molecule has 0 spiro atoms. The van der Waals surface area contributed by atoms with Crippen LogP contribution in [0.2, 0.25) is 0 Å². The molecule has 1 saturated carbocycles. The summed E-state index contributed by atoms with van der Waals surface area (Å²) < 4.78 is 85.6. The third kappa shape index (κ3) is 6.99. The first-order valence-corrected chi connectivity index (χ1v) is 13.1. The van der Waals surface area contributed by atoms with E-state index in [1.807, 2.05) is 0 Å². The summed E-state index contributed by atoms with van der Waals surface area (Å²) in [6.07, 6.45) is 4.35. The molecule has 0 aromatic heterocycles. The average molecular weight is 523 g/mol. The Hall–Kier alpha value is -2.70. The zero-order chi connectivity index (χ0) is 26.6. The number of hydrogen-bond donors (Lipinski definition) is 0. The molecular weight excluding hydrogens is 490 g/mol. The van der Waals surface area contributed by atoms with Gasteiger partial charge in [-0.25, -0.2) is 13.2 Å². The van der Waals surface area contributed by atoms with Crippen LogP contribution in [0.25, 0.3) is 10.8 Å². The van der Waals surface area contributed by atoms with Crippen molar-refractivity contribution >= 4 is 10.8 Å². The maximum atomic E-state index is 15.0. The second-order valence-corrected chi connectivity index (χ2v) is 10.2. The van der Waals surface area contributed by atoms with Crippen molar-refractivity contribution < 1.29 is 31.1 Å². The molecule has 0 N–H and O–H groups in total. The number of ether oxygens (including phenoxy) is 1. The molecule has 0 bridgehead atoms. The number of unbranched alkanes of at least 4 members (excludes halogenated alkanes) is 2. The van der Waals surface area contributed by atoms with Crippen LogP contribution in [0.4, 0.5) is 26.3 Å². The normalized spacial score (nSPS) is 18.4. The van der Waals surface area contributed by atoms with Crippen LogP contribution in [0.1, 0.15) is 80.9 Å². The minimum Gasteiger partial charge on any atom is -0.403 e. The highest BCUT2D eigenvalue weighted by molar-refractivity contribution is 5.85. The van der Waals surface area contributed by atoms with Gasteiger partial charge in [-0.05, 0) is 85.1 Å². The van der Waals surface area contributed by atoms with Gasteiger partial charge in [0.1, 0.15) is 11.6 Å². The number of alkyl halides is 3. The minimum atomic E-state index is -4.98. The van der Waals surface area contributed by atoms with E-state index in [9.17, 15) is 17.6 Å². The number of hydrogen-bond acceptors (Lipinski definition) is 1. The summed E-state index contributed by atoms with van der Waals surface area (Å²) in [5, 5.41) is 0.426. The molecule has 0 saturated heterocycles. The maximum Gasteiger partial charge on any atom is 0.573 e. The topological polar surface area (TPSA) is 9.23 Å². The highest BCUT2D eigenvalue weighted by Crippen LogP contribution is 2.40. The second kappa shape index (κ2) is 11.8. The number of halogens is 6. The predicted molar refractivity (Wildman–Crippen MR) is 133 cm³/mol. The van der Waals surface area contributed by atoms with Crippen LogP contribution in [-0.4, -0.2) is 6.36 Å². The Labute approximate surface area is 213 Å². The van der Waals surface area contributed by atoms with Gasteiger partial charge in [0.2, 0.25) is 0 Å². The SMILES string of the molecule is CCCCC[C@H]1CC[C@H](c2c(F)cc(CCc3ccc4c(F)c(OC(F)(F)F)ccc4c3)cc2F)CC1. The third-order valence-electron chi connectivity index (χ3n) is 7.52. The van der Waals surface area contributed by atoms with E-state index in [0.717, 1.165) is 37.3 Å². The summed E-state index contributed by atoms with van der Waals surface area (Å²) in [4.78, 5) is 0. The first-order valence-electron chi connectivity index (χ1n) is 13.1. The third-order valence-corrected chi connectivity index (χ3v) is 7.52. The van der Waals surface area contributed by atoms with Gasteiger partial charge in [0.05, 0.1) is 0 Å². The molecule has 0 heterocycles. The van der Waals surface area contributed by atoms with Crippen LogP contribution in [0.15, 0.2) is 42.5 Å². The average Bonchev–Trinajstić information content (AvgIpc) is 2.84. The molecule has 3 aromatic carbocycles. The van der Waals surface area contributed by atoms with E-state index in [2.05, 4.69) is 11.7 Å². The molecule has 0 unspecified atom stereocenters. The molecule has 0 atom stereocenters. The maximum absolute atomic E-state index is 15.0. The summed E-state index contributed by atoms with van der Waals surface area (Å²) in [6.45, 7) is 2.19. The smallest absolute Gasteiger partial charge is 0.403 e. The van der Waals surface area contributed by atoms with E-state index in [0.29, 0.717) is 29.7 Å². The van der Waals surface area contributed by atoms with Gasteiger partial charge in [-0.3, -0.25) is 0 Å². The molecule has 200 valence electrons. The van der Waals surface area contributed by atoms with Crippen molar-refractivity contribution in [3.63, 3.8) is 0 Å². The predicted octanol–water partition coefficient (Wildman–Crippen LogP) is 9.79. The van der Waals surface area contributed by atoms with Gasteiger partial charge in [0.25, 0.3) is 0 Å². The van der Waals surface area contributed by atoms with E-state index >= 15 is 8.78 Å². The molecule has 7 heteroatoms. The van der Waals surface area contributed by atoms with E-state index in [1.54, 1.807) is 12.1 Å². The van der Waals surface area contributed by atoms with Crippen molar-refractivity contribution in [1.29, 1.82) is 0 Å². The standard InChI is InChI=1S/C30H32F6O/c1-2-3-4-5-19-8-11-22(12-9-19)28-25(31)17-21(18-26(28)32)7-6-20-10-14-24-23(16-20)13-15-27(29(24)33)37-30(34,35)36/h10,13-19,22H,2-9,11-12H2,1H3/t19-,22-. The first-order chi connectivity index (χ1) is 17.6. The second-order valence-electron chi connectivity index (χ2n) is 10.2. The molecule has 3 aromatic rings. The molecular formula is C30H32F6O. The largest absolute Gasteiger partial charge is 0.573 e. The quantitative estimate of drug-likeness (QED) is 0.201. The Bertz CT molecular complexity index is 1190. The molecule has 37 heavy (non-hydrogen) atoms. The Morgan fingerprint density at radius 3 is 2.14 bits per heavy atom. The van der Waals surface area contributed by atoms with Gasteiger partial charge in [-0.15, -0.1) is 13.2 Å². The highest BCUT2D eigenvalue weighted by Gasteiger charge is 2.32. The molecule has 0 radical (unpaired) electrons. The monoisotopic (exact) mass is 522 g/mol. The van der Waals surface area contributed by atoms with Gasteiger partial charge >= 0.3 is 6.36 Å². The summed E-state index contributed by atoms with van der Waals surface area (Å²) in [5.41, 5.74) is 1.52. The number of rotatable bonds is 9. The minimum absolute atomic E-state index is 0.00651. The van der Waals surface area contributed by atoms with Crippen LogP contribution in [0.3, 0.4) is 0 Å². The van der Waals surface area contributed by atoms with E-state index in [4.69, 9.17) is 0 Å². The lowest BCUT2D eigenvalue weighted by Crippen LogP contribution is -2.18. The van der Waals surface area contributed by atoms with Crippen molar-refractivity contribution in [1.82, 2.24) is 0 Å². The Balaban J connectivity index is 1.40. The zero-order valence-electron chi connectivity index (χ0n) is 20.9. The van der Waals surface area contributed by atoms with Crippen molar-refractivity contribution in [3.05, 3.63) is 76.6 Å². The number of benzene rings is 3. The number of aryl methyl sites for hydroxylation is 2. The molecule has 4 rings (SSSR count). The summed E-state index contributed by atoms with van der Waals surface area (Å²) in [6, 6.07) is 9.78. The zero-order valence-corrected chi connectivity index (χ0v) is 20.9. The lowest BCUT2D eigenvalue weighted by molar-refractivity contribution is -0.275. The highest BCUT2D eigenvalue weighted by atomic mass is 19.4. The molecule has 0 aliphatic heterocycles. The van der Waals surface area contributed by atoms with Gasteiger partial charge in [0, 0.05) is 10.9 Å². The Kier molecular flexibility index (Phi) is 8.71. The molecule has 1 aliphatic rings. The Morgan fingerprint density at radius 2 is 1.49 bits per heavy atom. The fraction of sp³-hybridized carbons (Fsp3) is 0.467. The summed E-state index contributed by atoms with van der Waals surface area (Å²) in [5.74, 6) is -2.39. The summed E-state index contributed by atoms with van der Waals surface area (Å²) in [7, 11) is 0. The van der Waals surface area contributed by atoms with Crippen molar-refractivity contribution in [2.24, 2.45) is 5.92 Å². The van der Waals surface area contributed by atoms with Gasteiger partial charge in [-0.1, -0.05) is 56.9 Å². The van der Waals surface area contributed by atoms with Crippen LogP contribution >= 0.6 is 0 Å². The fourth-order valence-corrected chi connectivity index (χ4v) is 5.56. The summed E-state index contributed by atoms with van der Waals surface area (Å²) >= 11 is 0. The first kappa shape index (κ1) is 27.3. The lowest BCUT2D eigenvalue weighted by atomic mass is 9.76. The van der Waals surface area contributed by atoms with Crippen LogP contribution in [0.5, 0.6) is 5.75 Å². The van der Waals surface area contributed by atoms with Crippen molar-refractivity contribution in [2.45, 2.75) is 83.4 Å². The van der Waals surface area contributed by atoms with Crippen LogP contribution in [0, 0.1) is 23.4 Å². The van der Waals surface area contributed by atoms with Crippen molar-refractivity contribution in [2.75, 3.05) is 0 Å². The lowest BCUT2D eigenvalue weighted by Gasteiger charge is -2.29. The van der Waals surface area contributed by atoms with Gasteiger partial charge in [0.15, 0.2) is 11.6 Å². The molecule has 1 aliphatic carbocycles. The van der Waals surface area contributed by atoms with Crippen LogP contribution < -0.4 is 4.74 Å². The fourth-order valence-electron chi connectivity index (χ4n) is 5.56. The van der Waals surface area contributed by atoms with Gasteiger partial charge in [-0.2, -0.15) is 0 Å². The van der Waals surface area contributed by atoms with E-state index < -0.39 is 29.6 Å². The molecule has 0 amide bonds. The molecule has 1 nitrogen and oxygen atoms in total. The Morgan fingerprint density at radius 1 is 0.811 bits per heavy atom.